The molecule has 3 N–H and O–H groups in total. The van der Waals surface area contributed by atoms with Gasteiger partial charge in [-0.1, -0.05) is 32.4 Å². The third kappa shape index (κ3) is 4.37. The van der Waals surface area contributed by atoms with Gasteiger partial charge in [-0.25, -0.2) is 9.48 Å². The fraction of sp³-hybridized carbons (Fsp3) is 0.476. The molecule has 0 saturated heterocycles. The second-order valence-electron chi connectivity index (χ2n) is 7.92. The van der Waals surface area contributed by atoms with Gasteiger partial charge in [0.05, 0.1) is 5.52 Å². The van der Waals surface area contributed by atoms with Gasteiger partial charge in [-0.3, -0.25) is 19.1 Å². The normalized spacial score (nSPS) is 11.4. The predicted molar refractivity (Wildman–Crippen MR) is 120 cm³/mol. The van der Waals surface area contributed by atoms with Gasteiger partial charge in [0.1, 0.15) is 11.3 Å². The number of aromatic amines is 1. The van der Waals surface area contributed by atoms with E-state index in [0.29, 0.717) is 24.2 Å². The number of anilines is 2. The summed E-state index contributed by atoms with van der Waals surface area (Å²) in [5, 5.41) is 8.20. The first-order chi connectivity index (χ1) is 14.8. The summed E-state index contributed by atoms with van der Waals surface area (Å²) >= 11 is 0. The van der Waals surface area contributed by atoms with Crippen LogP contribution in [0.15, 0.2) is 27.8 Å². The van der Waals surface area contributed by atoms with Crippen LogP contribution in [0.5, 0.6) is 0 Å². The van der Waals surface area contributed by atoms with Gasteiger partial charge >= 0.3 is 5.69 Å². The first-order valence-electron chi connectivity index (χ1n) is 10.6. The molecule has 0 fully saturated rings. The van der Waals surface area contributed by atoms with Crippen LogP contribution in [0.2, 0.25) is 0 Å². The molecule has 0 unspecified atom stereocenters. The monoisotopic (exact) mass is 427 g/mol. The van der Waals surface area contributed by atoms with Crippen LogP contribution in [0.3, 0.4) is 0 Å². The zero-order chi connectivity index (χ0) is 22.7. The van der Waals surface area contributed by atoms with Crippen molar-refractivity contribution >= 4 is 28.4 Å². The molecule has 0 radical (unpaired) electrons. The Morgan fingerprint density at radius 3 is 2.65 bits per heavy atom. The summed E-state index contributed by atoms with van der Waals surface area (Å²) in [6.07, 6.45) is 1.57. The van der Waals surface area contributed by atoms with Gasteiger partial charge in [-0.05, 0) is 37.5 Å². The molecular weight excluding hydrogens is 398 g/mol. The van der Waals surface area contributed by atoms with Crippen LogP contribution >= 0.6 is 0 Å². The van der Waals surface area contributed by atoms with Crippen molar-refractivity contribution in [2.24, 2.45) is 5.92 Å². The summed E-state index contributed by atoms with van der Waals surface area (Å²) in [5.74, 6) is -0.336. The van der Waals surface area contributed by atoms with Gasteiger partial charge in [0.25, 0.3) is 11.5 Å². The van der Waals surface area contributed by atoms with E-state index in [1.807, 2.05) is 27.7 Å². The highest BCUT2D eigenvalue weighted by molar-refractivity contribution is 6.08. The molecule has 1 amide bonds. The van der Waals surface area contributed by atoms with E-state index in [2.05, 4.69) is 15.3 Å². The van der Waals surface area contributed by atoms with E-state index < -0.39 is 11.2 Å². The number of unbranched alkanes of at least 4 members (excludes halogenated alkanes) is 1. The van der Waals surface area contributed by atoms with E-state index in [1.165, 1.54) is 9.47 Å². The van der Waals surface area contributed by atoms with Crippen molar-refractivity contribution in [3.8, 4) is 0 Å². The molecule has 0 bridgehead atoms. The Morgan fingerprint density at radius 2 is 2.00 bits per heavy atom. The molecule has 0 aliphatic rings. The van der Waals surface area contributed by atoms with Crippen LogP contribution in [0.4, 0.5) is 11.5 Å². The predicted octanol–water partition coefficient (Wildman–Crippen LogP) is 1.99. The lowest BCUT2D eigenvalue weighted by Gasteiger charge is -2.26. The SMILES string of the molecule is CCCCn1c(N)c(N(CC(C)C)C(=O)c2ccc3c(c2)nnn3CC)c(=O)[nH]c1=O. The average Bonchev–Trinajstić information content (AvgIpc) is 3.14. The number of carbonyl (C=O) groups excluding carboxylic acids is 1. The molecule has 3 rings (SSSR count). The van der Waals surface area contributed by atoms with E-state index in [1.54, 1.807) is 22.9 Å². The van der Waals surface area contributed by atoms with E-state index in [0.717, 1.165) is 18.4 Å². The molecule has 0 spiro atoms. The molecule has 0 saturated carbocycles. The number of nitrogens with two attached hydrogens (primary N) is 1. The van der Waals surface area contributed by atoms with Gasteiger partial charge in [0.2, 0.25) is 0 Å². The standard InChI is InChI=1S/C21H29N7O3/c1-5-7-10-26-18(22)17(19(29)23-21(26)31)27(12-13(3)4)20(30)14-8-9-16-15(11-14)24-25-28(16)6-2/h8-9,11,13H,5-7,10,12,22H2,1-4H3,(H,23,29,31). The largest absolute Gasteiger partial charge is 0.383 e. The number of aromatic nitrogens is 5. The van der Waals surface area contributed by atoms with Crippen LogP contribution in [0.1, 0.15) is 50.9 Å². The highest BCUT2D eigenvalue weighted by atomic mass is 16.2. The van der Waals surface area contributed by atoms with Gasteiger partial charge in [-0.2, -0.15) is 0 Å². The first-order valence-corrected chi connectivity index (χ1v) is 10.6. The first kappa shape index (κ1) is 22.3. The Hall–Kier alpha value is -3.43. The van der Waals surface area contributed by atoms with E-state index in [-0.39, 0.29) is 29.9 Å². The number of nitrogens with zero attached hydrogens (tertiary/aromatic N) is 5. The second kappa shape index (κ2) is 9.15. The van der Waals surface area contributed by atoms with Crippen molar-refractivity contribution in [3.63, 3.8) is 0 Å². The zero-order valence-electron chi connectivity index (χ0n) is 18.4. The quantitative estimate of drug-likeness (QED) is 0.565. The minimum absolute atomic E-state index is 0.00537. The highest BCUT2D eigenvalue weighted by Crippen LogP contribution is 2.23. The number of hydrogen-bond donors (Lipinski definition) is 2. The van der Waals surface area contributed by atoms with Gasteiger partial charge < -0.3 is 10.6 Å². The minimum Gasteiger partial charge on any atom is -0.383 e. The lowest BCUT2D eigenvalue weighted by Crippen LogP contribution is -2.42. The van der Waals surface area contributed by atoms with Crippen LogP contribution in [-0.4, -0.2) is 37.0 Å². The Balaban J connectivity index is 2.11. The van der Waals surface area contributed by atoms with Crippen LogP contribution in [0.25, 0.3) is 11.0 Å². The molecule has 2 aromatic heterocycles. The number of carbonyl (C=O) groups is 1. The number of fused-ring (bicyclic) bond motifs is 1. The molecular formula is C21H29N7O3. The summed E-state index contributed by atoms with van der Waals surface area (Å²) in [4.78, 5) is 42.2. The van der Waals surface area contributed by atoms with Gasteiger partial charge in [0, 0.05) is 25.2 Å². The number of nitrogen functional groups attached to an aromatic ring is 1. The number of amides is 1. The lowest BCUT2D eigenvalue weighted by atomic mass is 10.1. The maximum Gasteiger partial charge on any atom is 0.330 e. The van der Waals surface area contributed by atoms with E-state index in [9.17, 15) is 14.4 Å². The number of rotatable bonds is 8. The van der Waals surface area contributed by atoms with E-state index >= 15 is 0 Å². The number of aryl methyl sites for hydroxylation is 1. The topological polar surface area (TPSA) is 132 Å². The van der Waals surface area contributed by atoms with Crippen LogP contribution in [0, 0.1) is 5.92 Å². The number of benzene rings is 1. The van der Waals surface area contributed by atoms with Crippen molar-refractivity contribution in [3.05, 3.63) is 44.6 Å². The maximum absolute atomic E-state index is 13.5. The molecule has 1 aromatic carbocycles. The zero-order valence-corrected chi connectivity index (χ0v) is 18.4. The smallest absolute Gasteiger partial charge is 0.330 e. The summed E-state index contributed by atoms with van der Waals surface area (Å²) in [6.45, 7) is 9.11. The second-order valence-corrected chi connectivity index (χ2v) is 7.92. The fourth-order valence-corrected chi connectivity index (χ4v) is 3.51. The Labute approximate surface area is 179 Å². The maximum atomic E-state index is 13.5. The fourth-order valence-electron chi connectivity index (χ4n) is 3.51. The van der Waals surface area contributed by atoms with Crippen molar-refractivity contribution in [2.45, 2.75) is 53.6 Å². The number of H-pyrrole nitrogens is 1. The molecule has 0 aliphatic heterocycles. The van der Waals surface area contributed by atoms with Crippen LogP contribution < -0.4 is 21.9 Å². The number of nitrogens with one attached hydrogen (secondary N) is 1. The van der Waals surface area contributed by atoms with Crippen molar-refractivity contribution in [1.82, 2.24) is 24.5 Å². The Bertz CT molecular complexity index is 1210. The van der Waals surface area contributed by atoms with Crippen molar-refractivity contribution < 1.29 is 4.79 Å². The van der Waals surface area contributed by atoms with Crippen LogP contribution in [-0.2, 0) is 13.1 Å². The van der Waals surface area contributed by atoms with E-state index in [4.69, 9.17) is 5.73 Å². The molecule has 10 nitrogen and oxygen atoms in total. The number of hydrogen-bond acceptors (Lipinski definition) is 6. The summed E-state index contributed by atoms with van der Waals surface area (Å²) in [5.41, 5.74) is 6.76. The molecule has 3 aromatic rings. The van der Waals surface area contributed by atoms with Crippen molar-refractivity contribution in [2.75, 3.05) is 17.2 Å². The third-order valence-corrected chi connectivity index (χ3v) is 5.07. The molecule has 0 atom stereocenters. The minimum atomic E-state index is -0.678. The highest BCUT2D eigenvalue weighted by Gasteiger charge is 2.26. The Kier molecular flexibility index (Phi) is 6.57. The van der Waals surface area contributed by atoms with Gasteiger partial charge in [0.15, 0.2) is 5.69 Å². The van der Waals surface area contributed by atoms with Crippen molar-refractivity contribution in [1.29, 1.82) is 0 Å². The van der Waals surface area contributed by atoms with Gasteiger partial charge in [-0.15, -0.1) is 5.10 Å². The lowest BCUT2D eigenvalue weighted by molar-refractivity contribution is 0.0983. The molecule has 10 heteroatoms. The molecule has 31 heavy (non-hydrogen) atoms. The third-order valence-electron chi connectivity index (χ3n) is 5.07. The average molecular weight is 428 g/mol. The molecule has 2 heterocycles. The molecule has 166 valence electrons. The molecule has 0 aliphatic carbocycles. The summed E-state index contributed by atoms with van der Waals surface area (Å²) in [7, 11) is 0. The summed E-state index contributed by atoms with van der Waals surface area (Å²) < 4.78 is 3.05. The summed E-state index contributed by atoms with van der Waals surface area (Å²) in [6, 6.07) is 5.13. The Morgan fingerprint density at radius 1 is 1.26 bits per heavy atom.